The highest BCUT2D eigenvalue weighted by atomic mass is 32.2. The molecule has 1 aromatic heterocycles. The monoisotopic (exact) mass is 407 g/mol. The number of nitrogens with one attached hydrogen (secondary N) is 2. The van der Waals surface area contributed by atoms with Crippen molar-refractivity contribution in [2.45, 2.75) is 24.7 Å². The summed E-state index contributed by atoms with van der Waals surface area (Å²) in [4.78, 5) is 28.0. The number of pyridine rings is 1. The first-order chi connectivity index (χ1) is 13.3. The van der Waals surface area contributed by atoms with Crippen LogP contribution in [0.1, 0.15) is 30.1 Å². The van der Waals surface area contributed by atoms with E-state index in [1.54, 1.807) is 6.07 Å². The van der Waals surface area contributed by atoms with Gasteiger partial charge < -0.3 is 15.0 Å². The van der Waals surface area contributed by atoms with Gasteiger partial charge in [0.2, 0.25) is 15.5 Å². The first-order valence-electron chi connectivity index (χ1n) is 9.27. The number of aromatic amines is 1. The molecule has 2 heterocycles. The van der Waals surface area contributed by atoms with Gasteiger partial charge in [0.25, 0.3) is 5.91 Å². The van der Waals surface area contributed by atoms with Gasteiger partial charge in [0.1, 0.15) is 5.56 Å². The van der Waals surface area contributed by atoms with Crippen LogP contribution in [0.4, 0.5) is 0 Å². The fourth-order valence-corrected chi connectivity index (χ4v) is 4.76. The molecule has 8 nitrogen and oxygen atoms in total. The van der Waals surface area contributed by atoms with E-state index in [0.29, 0.717) is 31.1 Å². The normalized spacial score (nSPS) is 16.4. The fourth-order valence-electron chi connectivity index (χ4n) is 3.26. The van der Waals surface area contributed by atoms with Gasteiger partial charge in [-0.3, -0.25) is 9.59 Å². The van der Waals surface area contributed by atoms with Gasteiger partial charge in [-0.05, 0) is 37.0 Å². The van der Waals surface area contributed by atoms with E-state index < -0.39 is 21.4 Å². The van der Waals surface area contributed by atoms with Crippen LogP contribution in [-0.4, -0.2) is 57.0 Å². The van der Waals surface area contributed by atoms with E-state index >= 15 is 0 Å². The van der Waals surface area contributed by atoms with Gasteiger partial charge in [-0.15, -0.1) is 0 Å². The topological polar surface area (TPSA) is 109 Å². The second kappa shape index (κ2) is 8.42. The Labute approximate surface area is 163 Å². The largest absolute Gasteiger partial charge is 0.383 e. The number of methoxy groups -OCH3 is 1. The zero-order valence-corrected chi connectivity index (χ0v) is 16.8. The van der Waals surface area contributed by atoms with E-state index in [1.165, 1.54) is 29.7 Å². The summed E-state index contributed by atoms with van der Waals surface area (Å²) in [7, 11) is -2.17. The molecule has 0 aliphatic carbocycles. The molecule has 1 aliphatic rings. The molecule has 152 valence electrons. The molecule has 1 saturated heterocycles. The molecule has 0 radical (unpaired) electrons. The molecule has 1 aromatic carbocycles. The molecule has 0 saturated carbocycles. The van der Waals surface area contributed by atoms with E-state index in [1.807, 2.05) is 0 Å². The van der Waals surface area contributed by atoms with Crippen molar-refractivity contribution in [2.24, 2.45) is 5.92 Å². The Morgan fingerprint density at radius 3 is 2.71 bits per heavy atom. The Hall–Kier alpha value is -2.23. The van der Waals surface area contributed by atoms with Crippen molar-refractivity contribution in [1.82, 2.24) is 14.6 Å². The number of hydrogen-bond donors (Lipinski definition) is 2. The first-order valence-corrected chi connectivity index (χ1v) is 10.7. The lowest BCUT2D eigenvalue weighted by Gasteiger charge is -2.29. The number of amides is 1. The van der Waals surface area contributed by atoms with Crippen LogP contribution < -0.4 is 10.7 Å². The van der Waals surface area contributed by atoms with Gasteiger partial charge in [0.05, 0.1) is 11.5 Å². The van der Waals surface area contributed by atoms with E-state index in [-0.39, 0.29) is 22.4 Å². The molecule has 28 heavy (non-hydrogen) atoms. The van der Waals surface area contributed by atoms with Crippen molar-refractivity contribution >= 4 is 26.8 Å². The number of aromatic nitrogens is 1. The quantitative estimate of drug-likeness (QED) is 0.702. The van der Waals surface area contributed by atoms with Crippen LogP contribution in [0.3, 0.4) is 0 Å². The second-order valence-corrected chi connectivity index (χ2v) is 9.01. The van der Waals surface area contributed by atoms with Gasteiger partial charge in [0.15, 0.2) is 0 Å². The van der Waals surface area contributed by atoms with Gasteiger partial charge in [0, 0.05) is 43.8 Å². The third kappa shape index (κ3) is 4.11. The van der Waals surface area contributed by atoms with Gasteiger partial charge >= 0.3 is 0 Å². The van der Waals surface area contributed by atoms with Crippen LogP contribution in [0.5, 0.6) is 0 Å². The van der Waals surface area contributed by atoms with Crippen LogP contribution in [0.15, 0.2) is 34.1 Å². The number of carbonyl (C=O) groups excluding carboxylic acids is 1. The molecule has 1 aliphatic heterocycles. The highest BCUT2D eigenvalue weighted by molar-refractivity contribution is 7.89. The van der Waals surface area contributed by atoms with E-state index in [0.717, 1.165) is 12.8 Å². The number of hydrogen-bond acceptors (Lipinski definition) is 5. The van der Waals surface area contributed by atoms with Crippen LogP contribution in [-0.2, 0) is 14.8 Å². The summed E-state index contributed by atoms with van der Waals surface area (Å²) in [6.07, 6.45) is 2.98. The molecular weight excluding hydrogens is 382 g/mol. The summed E-state index contributed by atoms with van der Waals surface area (Å²) in [6, 6.07) is 4.40. The number of sulfonamides is 1. The number of ether oxygens (including phenoxy) is 1. The molecule has 0 unspecified atom stereocenters. The highest BCUT2D eigenvalue weighted by Crippen LogP contribution is 2.24. The summed E-state index contributed by atoms with van der Waals surface area (Å²) < 4.78 is 32.3. The van der Waals surface area contributed by atoms with Crippen molar-refractivity contribution < 1.29 is 17.9 Å². The molecular formula is C19H25N3O5S. The van der Waals surface area contributed by atoms with Crippen molar-refractivity contribution in [1.29, 1.82) is 0 Å². The molecule has 3 rings (SSSR count). The average Bonchev–Trinajstić information content (AvgIpc) is 2.68. The average molecular weight is 407 g/mol. The minimum Gasteiger partial charge on any atom is -0.383 e. The number of rotatable bonds is 6. The molecule has 2 aromatic rings. The summed E-state index contributed by atoms with van der Waals surface area (Å²) in [5.41, 5.74) is -0.0948. The molecule has 2 N–H and O–H groups in total. The number of H-pyrrole nitrogens is 1. The zero-order chi connectivity index (χ0) is 20.3. The maximum Gasteiger partial charge on any atom is 0.256 e. The summed E-state index contributed by atoms with van der Waals surface area (Å²) in [5, 5.41) is 2.77. The predicted octanol–water partition coefficient (Wildman–Crippen LogP) is 1.32. The fraction of sp³-hybridized carbons (Fsp3) is 0.474. The Kier molecular flexibility index (Phi) is 6.17. The number of piperidine rings is 1. The molecule has 1 fully saturated rings. The van der Waals surface area contributed by atoms with Crippen LogP contribution in [0.25, 0.3) is 10.9 Å². The van der Waals surface area contributed by atoms with Gasteiger partial charge in [-0.1, -0.05) is 6.92 Å². The molecule has 0 bridgehead atoms. The third-order valence-corrected chi connectivity index (χ3v) is 6.96. The van der Waals surface area contributed by atoms with Crippen molar-refractivity contribution in [3.63, 3.8) is 0 Å². The number of carbonyl (C=O) groups is 1. The number of nitrogens with zero attached hydrogens (tertiary/aromatic N) is 1. The lowest BCUT2D eigenvalue weighted by molar-refractivity contribution is 0.0936. The number of benzene rings is 1. The molecule has 9 heteroatoms. The SMILES string of the molecule is COCCNC(=O)c1c[nH]c2ccc(S(=O)(=O)N3CCC(C)CC3)cc2c1=O. The second-order valence-electron chi connectivity index (χ2n) is 7.07. The third-order valence-electron chi connectivity index (χ3n) is 5.07. The minimum absolute atomic E-state index is 0.0649. The van der Waals surface area contributed by atoms with E-state index in [4.69, 9.17) is 4.74 Å². The molecule has 0 atom stereocenters. The molecule has 1 amide bonds. The maximum atomic E-state index is 13.0. The highest BCUT2D eigenvalue weighted by Gasteiger charge is 2.28. The summed E-state index contributed by atoms with van der Waals surface area (Å²) in [5.74, 6) is -0.0245. The number of fused-ring (bicyclic) bond motifs is 1. The van der Waals surface area contributed by atoms with Crippen LogP contribution >= 0.6 is 0 Å². The smallest absolute Gasteiger partial charge is 0.256 e. The lowest BCUT2D eigenvalue weighted by atomic mass is 10.0. The maximum absolute atomic E-state index is 13.0. The summed E-state index contributed by atoms with van der Waals surface area (Å²) in [6.45, 7) is 3.65. The Morgan fingerprint density at radius 1 is 1.32 bits per heavy atom. The van der Waals surface area contributed by atoms with Crippen molar-refractivity contribution in [3.05, 3.63) is 40.2 Å². The Balaban J connectivity index is 1.95. The van der Waals surface area contributed by atoms with Crippen LogP contribution in [0, 0.1) is 5.92 Å². The van der Waals surface area contributed by atoms with Crippen molar-refractivity contribution in [2.75, 3.05) is 33.4 Å². The van der Waals surface area contributed by atoms with Gasteiger partial charge in [-0.2, -0.15) is 4.31 Å². The molecule has 0 spiro atoms. The van der Waals surface area contributed by atoms with Crippen molar-refractivity contribution in [3.8, 4) is 0 Å². The summed E-state index contributed by atoms with van der Waals surface area (Å²) >= 11 is 0. The minimum atomic E-state index is -3.68. The zero-order valence-electron chi connectivity index (χ0n) is 16.0. The van der Waals surface area contributed by atoms with E-state index in [2.05, 4.69) is 17.2 Å². The predicted molar refractivity (Wildman–Crippen MR) is 106 cm³/mol. The Morgan fingerprint density at radius 2 is 2.04 bits per heavy atom. The Bertz CT molecular complexity index is 1020. The first kappa shape index (κ1) is 20.5. The van der Waals surface area contributed by atoms with Crippen LogP contribution in [0.2, 0.25) is 0 Å². The van der Waals surface area contributed by atoms with E-state index in [9.17, 15) is 18.0 Å². The van der Waals surface area contributed by atoms with Gasteiger partial charge in [-0.25, -0.2) is 8.42 Å². The lowest BCUT2D eigenvalue weighted by Crippen LogP contribution is -2.37. The standard InChI is InChI=1S/C19H25N3O5S/c1-13-5-8-22(9-6-13)28(25,26)14-3-4-17-15(11-14)18(23)16(12-21-17)19(24)20-7-10-27-2/h3-4,11-13H,5-10H2,1-2H3,(H,20,24)(H,21,23).